The van der Waals surface area contributed by atoms with Gasteiger partial charge in [-0.25, -0.2) is 9.78 Å². The summed E-state index contributed by atoms with van der Waals surface area (Å²) >= 11 is 13.7. The minimum Gasteiger partial charge on any atom is -0.448 e. The number of carbonyl (C=O) groups excluding carboxylic acids is 3. The molecule has 0 aromatic carbocycles. The molecular formula is C26H33Cl2N5O4S. The Morgan fingerprint density at radius 3 is 2.68 bits per heavy atom. The van der Waals surface area contributed by atoms with Crippen molar-refractivity contribution in [2.45, 2.75) is 51.7 Å². The van der Waals surface area contributed by atoms with Gasteiger partial charge in [-0.1, -0.05) is 23.2 Å². The molecule has 2 aromatic rings. The highest BCUT2D eigenvalue weighted by molar-refractivity contribution is 7.07. The third-order valence-electron chi connectivity index (χ3n) is 7.20. The Kier molecular flexibility index (Phi) is 9.86. The van der Waals surface area contributed by atoms with Crippen LogP contribution in [0.4, 0.5) is 4.79 Å². The SMILES string of the molecule is Cc1cc(Cl)nc(Cl)c1C(=O)NCC[C@@H](C)N1CCC(N(Cc2ccsc2)C(=O)CN2CCOC2=O)CC1. The van der Waals surface area contributed by atoms with Crippen LogP contribution in [0.2, 0.25) is 10.3 Å². The van der Waals surface area contributed by atoms with Crippen molar-refractivity contribution in [2.24, 2.45) is 0 Å². The number of aromatic nitrogens is 1. The summed E-state index contributed by atoms with van der Waals surface area (Å²) in [7, 11) is 0. The molecule has 4 rings (SSSR count). The molecule has 0 saturated carbocycles. The van der Waals surface area contributed by atoms with Gasteiger partial charge in [-0.05, 0) is 67.1 Å². The van der Waals surface area contributed by atoms with Crippen LogP contribution >= 0.6 is 34.5 Å². The van der Waals surface area contributed by atoms with Gasteiger partial charge in [0, 0.05) is 38.3 Å². The number of thiophene rings is 1. The maximum atomic E-state index is 13.3. The predicted octanol–water partition coefficient (Wildman–Crippen LogP) is 4.21. The molecule has 206 valence electrons. The molecule has 9 nitrogen and oxygen atoms in total. The molecule has 0 unspecified atom stereocenters. The second kappa shape index (κ2) is 13.1. The van der Waals surface area contributed by atoms with Crippen molar-refractivity contribution in [1.29, 1.82) is 0 Å². The van der Waals surface area contributed by atoms with Gasteiger partial charge in [-0.2, -0.15) is 11.3 Å². The maximum Gasteiger partial charge on any atom is 0.410 e. The molecule has 0 bridgehead atoms. The Morgan fingerprint density at radius 2 is 2.05 bits per heavy atom. The Bertz CT molecular complexity index is 1120. The van der Waals surface area contributed by atoms with Gasteiger partial charge < -0.3 is 19.9 Å². The summed E-state index contributed by atoms with van der Waals surface area (Å²) in [5, 5.41) is 7.38. The van der Waals surface area contributed by atoms with Gasteiger partial charge >= 0.3 is 6.09 Å². The van der Waals surface area contributed by atoms with Crippen LogP contribution in [0.1, 0.15) is 47.7 Å². The Balaban J connectivity index is 1.28. The molecule has 0 spiro atoms. The third-order valence-corrected chi connectivity index (χ3v) is 8.40. The van der Waals surface area contributed by atoms with Crippen LogP contribution in [0.25, 0.3) is 0 Å². The Morgan fingerprint density at radius 1 is 1.29 bits per heavy atom. The summed E-state index contributed by atoms with van der Waals surface area (Å²) in [6, 6.07) is 4.02. The number of amides is 3. The lowest BCUT2D eigenvalue weighted by atomic mass is 10.00. The van der Waals surface area contributed by atoms with Crippen molar-refractivity contribution >= 4 is 52.4 Å². The topological polar surface area (TPSA) is 95.1 Å². The zero-order chi connectivity index (χ0) is 27.2. The van der Waals surface area contributed by atoms with E-state index in [1.165, 1.54) is 4.90 Å². The van der Waals surface area contributed by atoms with Crippen molar-refractivity contribution in [3.05, 3.63) is 49.9 Å². The highest BCUT2D eigenvalue weighted by atomic mass is 35.5. The van der Waals surface area contributed by atoms with Crippen LogP contribution in [0, 0.1) is 6.92 Å². The third kappa shape index (κ3) is 7.16. The number of piperidine rings is 1. The fourth-order valence-corrected chi connectivity index (χ4v) is 6.27. The van der Waals surface area contributed by atoms with Gasteiger partial charge in [-0.15, -0.1) is 0 Å². The normalized spacial score (nSPS) is 17.4. The number of nitrogens with zero attached hydrogens (tertiary/aromatic N) is 4. The van der Waals surface area contributed by atoms with Gasteiger partial charge in [0.15, 0.2) is 0 Å². The fraction of sp³-hybridized carbons (Fsp3) is 0.538. The van der Waals surface area contributed by atoms with E-state index >= 15 is 0 Å². The first kappa shape index (κ1) is 28.6. The Labute approximate surface area is 237 Å². The molecule has 12 heteroatoms. The predicted molar refractivity (Wildman–Crippen MR) is 148 cm³/mol. The highest BCUT2D eigenvalue weighted by Crippen LogP contribution is 2.24. The van der Waals surface area contributed by atoms with Gasteiger partial charge in [0.05, 0.1) is 12.1 Å². The van der Waals surface area contributed by atoms with Gasteiger partial charge in [-0.3, -0.25) is 14.5 Å². The van der Waals surface area contributed by atoms with E-state index in [0.29, 0.717) is 37.4 Å². The number of hydrogen-bond donors (Lipinski definition) is 1. The zero-order valence-electron chi connectivity index (χ0n) is 21.6. The average molecular weight is 583 g/mol. The van der Waals surface area contributed by atoms with Crippen molar-refractivity contribution < 1.29 is 19.1 Å². The van der Waals surface area contributed by atoms with Crippen LogP contribution in [-0.2, 0) is 16.1 Å². The van der Waals surface area contributed by atoms with E-state index in [0.717, 1.165) is 37.9 Å². The van der Waals surface area contributed by atoms with Gasteiger partial charge in [0.2, 0.25) is 5.91 Å². The minimum absolute atomic E-state index is 0.0464. The number of nitrogens with one attached hydrogen (secondary N) is 1. The number of likely N-dealkylation sites (tertiary alicyclic amines) is 1. The number of aryl methyl sites for hydroxylation is 1. The number of rotatable bonds is 10. The molecule has 38 heavy (non-hydrogen) atoms. The lowest BCUT2D eigenvalue weighted by molar-refractivity contribution is -0.136. The molecular weight excluding hydrogens is 549 g/mol. The molecule has 2 aromatic heterocycles. The first-order valence-electron chi connectivity index (χ1n) is 12.8. The summed E-state index contributed by atoms with van der Waals surface area (Å²) in [6.45, 7) is 7.51. The van der Waals surface area contributed by atoms with E-state index in [4.69, 9.17) is 27.9 Å². The van der Waals surface area contributed by atoms with Crippen molar-refractivity contribution in [2.75, 3.05) is 39.3 Å². The molecule has 0 aliphatic carbocycles. The number of pyridine rings is 1. The second-order valence-electron chi connectivity index (χ2n) is 9.78. The minimum atomic E-state index is -0.422. The van der Waals surface area contributed by atoms with Crippen LogP contribution in [0.5, 0.6) is 0 Å². The zero-order valence-corrected chi connectivity index (χ0v) is 23.9. The van der Waals surface area contributed by atoms with E-state index in [9.17, 15) is 14.4 Å². The van der Waals surface area contributed by atoms with Crippen LogP contribution in [-0.4, -0.2) is 89.0 Å². The fourth-order valence-electron chi connectivity index (χ4n) is 5.00. The number of halogens is 2. The number of hydrogen-bond acceptors (Lipinski definition) is 7. The molecule has 1 N–H and O–H groups in total. The summed E-state index contributed by atoms with van der Waals surface area (Å²) in [5.74, 6) is -0.304. The second-order valence-corrected chi connectivity index (χ2v) is 11.3. The molecule has 0 radical (unpaired) electrons. The smallest absolute Gasteiger partial charge is 0.410 e. The first-order chi connectivity index (χ1) is 18.2. The molecule has 4 heterocycles. The van der Waals surface area contributed by atoms with Crippen LogP contribution in [0.3, 0.4) is 0 Å². The summed E-state index contributed by atoms with van der Waals surface area (Å²) in [5.41, 5.74) is 2.14. The van der Waals surface area contributed by atoms with Crippen LogP contribution in [0.15, 0.2) is 22.9 Å². The van der Waals surface area contributed by atoms with Gasteiger partial charge in [0.25, 0.3) is 5.91 Å². The van der Waals surface area contributed by atoms with E-state index < -0.39 is 6.09 Å². The number of cyclic esters (lactones) is 1. The molecule has 3 amide bonds. The van der Waals surface area contributed by atoms with Gasteiger partial charge in [0.1, 0.15) is 23.5 Å². The molecule has 2 saturated heterocycles. The maximum absolute atomic E-state index is 13.3. The van der Waals surface area contributed by atoms with E-state index in [2.05, 4.69) is 27.5 Å². The summed E-state index contributed by atoms with van der Waals surface area (Å²) < 4.78 is 5.00. The average Bonchev–Trinajstić information content (AvgIpc) is 3.53. The Hall–Kier alpha value is -2.40. The highest BCUT2D eigenvalue weighted by Gasteiger charge is 2.32. The summed E-state index contributed by atoms with van der Waals surface area (Å²) in [4.78, 5) is 47.6. The molecule has 2 aliphatic heterocycles. The molecule has 2 fully saturated rings. The first-order valence-corrected chi connectivity index (χ1v) is 14.5. The van der Waals surface area contributed by atoms with Crippen molar-refractivity contribution in [3.63, 3.8) is 0 Å². The van der Waals surface area contributed by atoms with E-state index in [1.807, 2.05) is 16.3 Å². The molecule has 1 atom stereocenters. The largest absolute Gasteiger partial charge is 0.448 e. The lowest BCUT2D eigenvalue weighted by Gasteiger charge is -2.41. The lowest BCUT2D eigenvalue weighted by Crippen LogP contribution is -2.51. The monoisotopic (exact) mass is 581 g/mol. The molecule has 2 aliphatic rings. The van der Waals surface area contributed by atoms with E-state index in [-0.39, 0.29) is 40.7 Å². The van der Waals surface area contributed by atoms with E-state index in [1.54, 1.807) is 24.3 Å². The van der Waals surface area contributed by atoms with Crippen molar-refractivity contribution in [1.82, 2.24) is 25.0 Å². The van der Waals surface area contributed by atoms with Crippen LogP contribution < -0.4 is 5.32 Å². The quantitative estimate of drug-likeness (QED) is 0.422. The number of ether oxygens (including phenoxy) is 1. The van der Waals surface area contributed by atoms with Crippen molar-refractivity contribution in [3.8, 4) is 0 Å². The standard InChI is InChI=1S/C26H33Cl2N5O4S/c1-17-13-21(27)30-24(28)23(17)25(35)29-7-3-18(2)31-8-4-20(5-9-31)33(14-19-6-12-38-16-19)22(34)15-32-10-11-37-26(32)36/h6,12-13,16,18,20H,3-5,7-11,14-15H2,1-2H3,(H,29,35)/t18-/m1/s1. The number of carbonyl (C=O) groups is 3. The summed E-state index contributed by atoms with van der Waals surface area (Å²) in [6.07, 6.45) is 2.06.